The summed E-state index contributed by atoms with van der Waals surface area (Å²) in [6.07, 6.45) is 0.345. The van der Waals surface area contributed by atoms with Gasteiger partial charge >= 0.3 is 18.0 Å². The summed E-state index contributed by atoms with van der Waals surface area (Å²) in [5.41, 5.74) is 5.80. The summed E-state index contributed by atoms with van der Waals surface area (Å²) in [6.45, 7) is 11.8. The predicted molar refractivity (Wildman–Crippen MR) is 159 cm³/mol. The second-order valence-electron chi connectivity index (χ2n) is 11.7. The number of non-ortho nitro benzene ring substituents is 1. The molecule has 0 radical (unpaired) electrons. The number of primary amides is 1. The van der Waals surface area contributed by atoms with Crippen LogP contribution in [0.2, 0.25) is 18.1 Å². The number of urea groups is 1. The minimum Gasteiger partial charge on any atom is -0.413 e. The summed E-state index contributed by atoms with van der Waals surface area (Å²) in [7, 11) is -2.01. The van der Waals surface area contributed by atoms with Crippen molar-refractivity contribution in [3.63, 3.8) is 0 Å². The SMILES string of the molecule is CC[Si](CC)(CC)O[C@H](C)C1C(=O)N2C(C(=O)OC(=O)c3ccc([N+](=O)[O-])cc3)=C(CN3CC[C@H](NC(N)=O)C3)[C@H](C)[C@H]12. The number of carbonyl (C=O) groups excluding carboxylic acids is 4. The topological polar surface area (TPSA) is 174 Å². The highest BCUT2D eigenvalue weighted by Crippen LogP contribution is 2.49. The van der Waals surface area contributed by atoms with Gasteiger partial charge in [0.25, 0.3) is 5.69 Å². The molecule has 1 aromatic carbocycles. The number of nitrogens with zero attached hydrogens (tertiary/aromatic N) is 3. The third-order valence-electron chi connectivity index (χ3n) is 9.38. The molecule has 0 saturated carbocycles. The Morgan fingerprint density at radius 2 is 1.77 bits per heavy atom. The van der Waals surface area contributed by atoms with Crippen molar-refractivity contribution in [3.05, 3.63) is 51.2 Å². The number of likely N-dealkylation sites (tertiary alicyclic amines) is 1. The maximum absolute atomic E-state index is 13.7. The predicted octanol–water partition coefficient (Wildman–Crippen LogP) is 3.16. The van der Waals surface area contributed by atoms with Gasteiger partial charge in [0.15, 0.2) is 8.32 Å². The van der Waals surface area contributed by atoms with Gasteiger partial charge in [0.2, 0.25) is 5.91 Å². The lowest BCUT2D eigenvalue weighted by molar-refractivity contribution is -0.384. The molecule has 43 heavy (non-hydrogen) atoms. The zero-order valence-electron chi connectivity index (χ0n) is 25.3. The third kappa shape index (κ3) is 6.36. The van der Waals surface area contributed by atoms with E-state index in [2.05, 4.69) is 31.0 Å². The normalized spacial score (nSPS) is 24.4. The fourth-order valence-electron chi connectivity index (χ4n) is 6.74. The van der Waals surface area contributed by atoms with E-state index >= 15 is 0 Å². The molecular weight excluding hydrogens is 574 g/mol. The molecule has 1 unspecified atom stereocenters. The van der Waals surface area contributed by atoms with Gasteiger partial charge in [-0.25, -0.2) is 14.4 Å². The van der Waals surface area contributed by atoms with Gasteiger partial charge in [-0.15, -0.1) is 0 Å². The molecule has 234 valence electrons. The van der Waals surface area contributed by atoms with Crippen molar-refractivity contribution in [1.82, 2.24) is 15.1 Å². The minimum atomic E-state index is -2.01. The molecule has 0 aliphatic carbocycles. The molecule has 3 aliphatic rings. The summed E-state index contributed by atoms with van der Waals surface area (Å²) < 4.78 is 11.9. The second-order valence-corrected chi connectivity index (χ2v) is 16.4. The maximum Gasteiger partial charge on any atom is 0.362 e. The monoisotopic (exact) mass is 615 g/mol. The van der Waals surface area contributed by atoms with Crippen LogP contribution in [0, 0.1) is 22.0 Å². The molecule has 13 nitrogen and oxygen atoms in total. The number of amides is 3. The number of nitrogens with one attached hydrogen (secondary N) is 1. The Balaban J connectivity index is 1.59. The Bertz CT molecular complexity index is 1310. The number of esters is 2. The van der Waals surface area contributed by atoms with E-state index < -0.39 is 37.1 Å². The van der Waals surface area contributed by atoms with E-state index in [0.29, 0.717) is 31.6 Å². The first-order valence-corrected chi connectivity index (χ1v) is 17.4. The average Bonchev–Trinajstić information content (AvgIpc) is 3.51. The van der Waals surface area contributed by atoms with Crippen LogP contribution in [0.1, 0.15) is 51.4 Å². The van der Waals surface area contributed by atoms with Crippen molar-refractivity contribution in [3.8, 4) is 0 Å². The van der Waals surface area contributed by atoms with E-state index in [9.17, 15) is 29.3 Å². The molecule has 3 heterocycles. The summed E-state index contributed by atoms with van der Waals surface area (Å²) in [4.78, 5) is 65.5. The molecule has 14 heteroatoms. The molecule has 3 N–H and O–H groups in total. The zero-order valence-corrected chi connectivity index (χ0v) is 26.3. The molecule has 2 fully saturated rings. The standard InChI is InChI=1S/C29H41N5O8Si/c1-6-43(7-2,8-3)42-18(5)23-24-17(4)22(16-32-14-13-20(15-32)31-29(30)38)25(33(24)26(23)35)28(37)41-27(36)19-9-11-21(12-10-19)34(39)40/h9-12,17-18,20,23-24H,6-8,13-16H2,1-5H3,(H3,30,31,38)/t17-,18+,20-,23?,24+/m0/s1. The molecule has 1 aromatic rings. The number of β-lactam (4-membered cyclic amide) rings is 1. The lowest BCUT2D eigenvalue weighted by Gasteiger charge is -2.49. The van der Waals surface area contributed by atoms with Crippen molar-refractivity contribution in [2.75, 3.05) is 19.6 Å². The van der Waals surface area contributed by atoms with Crippen LogP contribution in [0.5, 0.6) is 0 Å². The highest BCUT2D eigenvalue weighted by atomic mass is 28.4. The third-order valence-corrected chi connectivity index (χ3v) is 14.1. The largest absolute Gasteiger partial charge is 0.413 e. The van der Waals surface area contributed by atoms with Gasteiger partial charge in [-0.2, -0.15) is 0 Å². The van der Waals surface area contributed by atoms with Crippen molar-refractivity contribution >= 4 is 37.9 Å². The highest BCUT2D eigenvalue weighted by Gasteiger charge is 2.61. The first-order chi connectivity index (χ1) is 20.4. The quantitative estimate of drug-likeness (QED) is 0.0894. The Morgan fingerprint density at radius 3 is 2.33 bits per heavy atom. The Hall–Kier alpha value is -3.62. The molecule has 5 atom stereocenters. The van der Waals surface area contributed by atoms with Crippen LogP contribution in [0.15, 0.2) is 35.5 Å². The fourth-order valence-corrected chi connectivity index (χ4v) is 9.68. The van der Waals surface area contributed by atoms with Crippen LogP contribution in [-0.4, -0.2) is 84.7 Å². The van der Waals surface area contributed by atoms with E-state index in [1.165, 1.54) is 17.0 Å². The van der Waals surface area contributed by atoms with Crippen LogP contribution < -0.4 is 11.1 Å². The molecular formula is C29H41N5O8Si. The first-order valence-electron chi connectivity index (χ1n) is 14.9. The van der Waals surface area contributed by atoms with Gasteiger partial charge in [0.05, 0.1) is 28.6 Å². The number of ether oxygens (including phenoxy) is 1. The van der Waals surface area contributed by atoms with Gasteiger partial charge in [-0.1, -0.05) is 27.7 Å². The summed E-state index contributed by atoms with van der Waals surface area (Å²) in [6, 6.07) is 6.50. The van der Waals surface area contributed by atoms with Gasteiger partial charge in [0.1, 0.15) is 5.70 Å². The molecule has 0 bridgehead atoms. The average molecular weight is 616 g/mol. The summed E-state index contributed by atoms with van der Waals surface area (Å²) in [5.74, 6) is -2.82. The number of benzene rings is 1. The Morgan fingerprint density at radius 1 is 1.14 bits per heavy atom. The number of nitro benzene ring substituents is 1. The van der Waals surface area contributed by atoms with Gasteiger partial charge in [0, 0.05) is 43.7 Å². The van der Waals surface area contributed by atoms with Crippen LogP contribution >= 0.6 is 0 Å². The van der Waals surface area contributed by atoms with Gasteiger partial charge in [-0.05, 0) is 49.2 Å². The van der Waals surface area contributed by atoms with Crippen molar-refractivity contribution < 1.29 is 33.3 Å². The van der Waals surface area contributed by atoms with E-state index in [1.807, 2.05) is 13.8 Å². The number of fused-ring (bicyclic) bond motifs is 1. The Kier molecular flexibility index (Phi) is 9.72. The molecule has 3 aliphatic heterocycles. The Labute approximate surface area is 252 Å². The second kappa shape index (κ2) is 12.9. The number of hydrogen-bond donors (Lipinski definition) is 2. The van der Waals surface area contributed by atoms with E-state index in [0.717, 1.165) is 30.3 Å². The van der Waals surface area contributed by atoms with Crippen molar-refractivity contribution in [2.24, 2.45) is 17.6 Å². The number of carbonyl (C=O) groups is 4. The summed E-state index contributed by atoms with van der Waals surface area (Å²) >= 11 is 0. The lowest BCUT2D eigenvalue weighted by atomic mass is 9.77. The fraction of sp³-hybridized carbons (Fsp3) is 0.586. The zero-order chi connectivity index (χ0) is 31.6. The van der Waals surface area contributed by atoms with Crippen LogP contribution in [0.4, 0.5) is 10.5 Å². The van der Waals surface area contributed by atoms with Crippen LogP contribution in [0.3, 0.4) is 0 Å². The highest BCUT2D eigenvalue weighted by molar-refractivity contribution is 6.73. The smallest absolute Gasteiger partial charge is 0.362 e. The number of hydrogen-bond acceptors (Lipinski definition) is 9. The lowest BCUT2D eigenvalue weighted by Crippen LogP contribution is -2.65. The molecule has 4 rings (SSSR count). The number of nitrogens with two attached hydrogens (primary N) is 1. The first kappa shape index (κ1) is 32.3. The number of nitro groups is 1. The van der Waals surface area contributed by atoms with Crippen molar-refractivity contribution in [2.45, 2.75) is 77.4 Å². The van der Waals surface area contributed by atoms with Crippen LogP contribution in [-0.2, 0) is 18.8 Å². The molecule has 2 saturated heterocycles. The van der Waals surface area contributed by atoms with Gasteiger partial charge < -0.3 is 25.1 Å². The van der Waals surface area contributed by atoms with Gasteiger partial charge in [-0.3, -0.25) is 19.8 Å². The molecule has 0 spiro atoms. The summed E-state index contributed by atoms with van der Waals surface area (Å²) in [5, 5.41) is 13.7. The maximum atomic E-state index is 13.7. The van der Waals surface area contributed by atoms with Crippen molar-refractivity contribution in [1.29, 1.82) is 0 Å². The van der Waals surface area contributed by atoms with Crippen LogP contribution in [0.25, 0.3) is 0 Å². The number of rotatable bonds is 12. The minimum absolute atomic E-state index is 0.0292. The molecule has 0 aromatic heterocycles. The van der Waals surface area contributed by atoms with E-state index in [1.54, 1.807) is 0 Å². The van der Waals surface area contributed by atoms with E-state index in [-0.39, 0.29) is 47.0 Å². The van der Waals surface area contributed by atoms with E-state index in [4.69, 9.17) is 14.9 Å². The molecule has 3 amide bonds.